The predicted octanol–water partition coefficient (Wildman–Crippen LogP) is 3.72. The van der Waals surface area contributed by atoms with E-state index in [-0.39, 0.29) is 5.41 Å². The molecule has 0 unspecified atom stereocenters. The summed E-state index contributed by atoms with van der Waals surface area (Å²) in [5.41, 5.74) is 4.66. The molecular formula is C16H25N. The molecule has 17 heavy (non-hydrogen) atoms. The van der Waals surface area contributed by atoms with E-state index < -0.39 is 0 Å². The molecule has 0 amide bonds. The van der Waals surface area contributed by atoms with Crippen LogP contribution in [0.2, 0.25) is 0 Å². The number of benzene rings is 1. The highest BCUT2D eigenvalue weighted by molar-refractivity contribution is 5.37. The van der Waals surface area contributed by atoms with Crippen molar-refractivity contribution in [2.75, 3.05) is 6.54 Å². The summed E-state index contributed by atoms with van der Waals surface area (Å²) >= 11 is 0. The van der Waals surface area contributed by atoms with Crippen LogP contribution < -0.4 is 5.32 Å². The van der Waals surface area contributed by atoms with Gasteiger partial charge in [0.15, 0.2) is 0 Å². The molecule has 0 atom stereocenters. The van der Waals surface area contributed by atoms with Gasteiger partial charge in [-0.05, 0) is 61.8 Å². The molecule has 1 nitrogen and oxygen atoms in total. The van der Waals surface area contributed by atoms with Crippen LogP contribution in [0.1, 0.15) is 49.8 Å². The second-order valence-corrected chi connectivity index (χ2v) is 6.11. The topological polar surface area (TPSA) is 12.0 Å². The molecular weight excluding hydrogens is 206 g/mol. The zero-order valence-electron chi connectivity index (χ0n) is 11.6. The standard InChI is InChI=1S/C16H25N/c1-12-6-5-7-15(13(12)2)16(3,4)10-11-17-14-8-9-14/h5-7,14,17H,8-11H2,1-4H3. The Morgan fingerprint density at radius 1 is 1.24 bits per heavy atom. The lowest BCUT2D eigenvalue weighted by molar-refractivity contribution is 0.454. The number of nitrogens with one attached hydrogen (secondary N) is 1. The van der Waals surface area contributed by atoms with E-state index in [4.69, 9.17) is 0 Å². The van der Waals surface area contributed by atoms with E-state index in [1.165, 1.54) is 36.0 Å². The van der Waals surface area contributed by atoms with Crippen molar-refractivity contribution >= 4 is 0 Å². The molecule has 1 aliphatic rings. The molecule has 1 saturated carbocycles. The van der Waals surface area contributed by atoms with Crippen LogP contribution in [0.4, 0.5) is 0 Å². The SMILES string of the molecule is Cc1cccc(C(C)(C)CCNC2CC2)c1C. The lowest BCUT2D eigenvalue weighted by Gasteiger charge is -2.28. The Bertz CT molecular complexity index is 389. The van der Waals surface area contributed by atoms with Crippen molar-refractivity contribution in [2.24, 2.45) is 0 Å². The third-order valence-corrected chi connectivity index (χ3v) is 4.09. The molecule has 1 heteroatoms. The second kappa shape index (κ2) is 4.81. The third-order valence-electron chi connectivity index (χ3n) is 4.09. The number of rotatable bonds is 5. The van der Waals surface area contributed by atoms with Crippen molar-refractivity contribution in [1.29, 1.82) is 0 Å². The van der Waals surface area contributed by atoms with E-state index in [1.807, 2.05) is 0 Å². The predicted molar refractivity (Wildman–Crippen MR) is 74.6 cm³/mol. The zero-order chi connectivity index (χ0) is 12.5. The van der Waals surface area contributed by atoms with Crippen LogP contribution in [0.5, 0.6) is 0 Å². The summed E-state index contributed by atoms with van der Waals surface area (Å²) in [6, 6.07) is 7.51. The van der Waals surface area contributed by atoms with E-state index in [2.05, 4.69) is 51.2 Å². The molecule has 0 aliphatic heterocycles. The van der Waals surface area contributed by atoms with Crippen molar-refractivity contribution in [2.45, 2.75) is 58.4 Å². The fourth-order valence-corrected chi connectivity index (χ4v) is 2.50. The van der Waals surface area contributed by atoms with Gasteiger partial charge in [0, 0.05) is 6.04 Å². The number of hydrogen-bond acceptors (Lipinski definition) is 1. The van der Waals surface area contributed by atoms with Gasteiger partial charge in [0.25, 0.3) is 0 Å². The van der Waals surface area contributed by atoms with Gasteiger partial charge in [-0.2, -0.15) is 0 Å². The minimum absolute atomic E-state index is 0.276. The van der Waals surface area contributed by atoms with Crippen LogP contribution in [-0.2, 0) is 5.41 Å². The lowest BCUT2D eigenvalue weighted by atomic mass is 9.78. The van der Waals surface area contributed by atoms with Gasteiger partial charge < -0.3 is 5.32 Å². The summed E-state index contributed by atoms with van der Waals surface area (Å²) in [7, 11) is 0. The van der Waals surface area contributed by atoms with Gasteiger partial charge in [-0.1, -0.05) is 32.0 Å². The second-order valence-electron chi connectivity index (χ2n) is 6.11. The van der Waals surface area contributed by atoms with Crippen molar-refractivity contribution in [3.05, 3.63) is 34.9 Å². The molecule has 0 heterocycles. The third kappa shape index (κ3) is 3.10. The molecule has 0 bridgehead atoms. The molecule has 0 saturated heterocycles. The van der Waals surface area contributed by atoms with Crippen LogP contribution in [-0.4, -0.2) is 12.6 Å². The lowest BCUT2D eigenvalue weighted by Crippen LogP contribution is -2.27. The maximum atomic E-state index is 3.62. The van der Waals surface area contributed by atoms with E-state index in [1.54, 1.807) is 0 Å². The molecule has 94 valence electrons. The van der Waals surface area contributed by atoms with Gasteiger partial charge in [0.2, 0.25) is 0 Å². The quantitative estimate of drug-likeness (QED) is 0.814. The molecule has 1 aromatic carbocycles. The van der Waals surface area contributed by atoms with Crippen LogP contribution in [0.3, 0.4) is 0 Å². The molecule has 1 N–H and O–H groups in total. The summed E-state index contributed by atoms with van der Waals surface area (Å²) in [5, 5.41) is 3.62. The van der Waals surface area contributed by atoms with Gasteiger partial charge in [0.1, 0.15) is 0 Å². The van der Waals surface area contributed by atoms with Crippen molar-refractivity contribution in [3.63, 3.8) is 0 Å². The highest BCUT2D eigenvalue weighted by Crippen LogP contribution is 2.31. The van der Waals surface area contributed by atoms with Crippen molar-refractivity contribution < 1.29 is 0 Å². The largest absolute Gasteiger partial charge is 0.314 e. The smallest absolute Gasteiger partial charge is 0.00682 e. The Morgan fingerprint density at radius 2 is 1.94 bits per heavy atom. The fraction of sp³-hybridized carbons (Fsp3) is 0.625. The highest BCUT2D eigenvalue weighted by atomic mass is 14.9. The summed E-state index contributed by atoms with van der Waals surface area (Å²) in [4.78, 5) is 0. The van der Waals surface area contributed by atoms with Gasteiger partial charge >= 0.3 is 0 Å². The fourth-order valence-electron chi connectivity index (χ4n) is 2.50. The minimum atomic E-state index is 0.276. The maximum Gasteiger partial charge on any atom is 0.00682 e. The van der Waals surface area contributed by atoms with Gasteiger partial charge in [-0.15, -0.1) is 0 Å². The Labute approximate surface area is 106 Å². The van der Waals surface area contributed by atoms with Crippen LogP contribution in [0.15, 0.2) is 18.2 Å². The average molecular weight is 231 g/mol. The molecule has 0 aromatic heterocycles. The Hall–Kier alpha value is -0.820. The van der Waals surface area contributed by atoms with E-state index in [0.29, 0.717) is 0 Å². The van der Waals surface area contributed by atoms with E-state index in [9.17, 15) is 0 Å². The minimum Gasteiger partial charge on any atom is -0.314 e. The monoisotopic (exact) mass is 231 g/mol. The molecule has 2 rings (SSSR count). The molecule has 1 aliphatic carbocycles. The average Bonchev–Trinajstić information content (AvgIpc) is 3.05. The number of aryl methyl sites for hydroxylation is 1. The highest BCUT2D eigenvalue weighted by Gasteiger charge is 2.25. The van der Waals surface area contributed by atoms with Gasteiger partial charge in [-0.25, -0.2) is 0 Å². The van der Waals surface area contributed by atoms with Crippen molar-refractivity contribution in [3.8, 4) is 0 Å². The van der Waals surface area contributed by atoms with E-state index in [0.717, 1.165) is 12.6 Å². The van der Waals surface area contributed by atoms with Gasteiger partial charge in [-0.3, -0.25) is 0 Å². The molecule has 0 spiro atoms. The first-order chi connectivity index (χ1) is 8.00. The van der Waals surface area contributed by atoms with Crippen molar-refractivity contribution in [1.82, 2.24) is 5.32 Å². The maximum absolute atomic E-state index is 3.62. The first kappa shape index (κ1) is 12.6. The molecule has 1 aromatic rings. The normalized spacial score (nSPS) is 16.2. The molecule has 0 radical (unpaired) electrons. The summed E-state index contributed by atoms with van der Waals surface area (Å²) in [5.74, 6) is 0. The number of hydrogen-bond donors (Lipinski definition) is 1. The van der Waals surface area contributed by atoms with Crippen LogP contribution in [0.25, 0.3) is 0 Å². The Morgan fingerprint density at radius 3 is 2.59 bits per heavy atom. The Kier molecular flexibility index (Phi) is 3.58. The molecule has 1 fully saturated rings. The van der Waals surface area contributed by atoms with E-state index >= 15 is 0 Å². The van der Waals surface area contributed by atoms with Gasteiger partial charge in [0.05, 0.1) is 0 Å². The Balaban J connectivity index is 2.03. The van der Waals surface area contributed by atoms with Crippen LogP contribution >= 0.6 is 0 Å². The summed E-state index contributed by atoms with van der Waals surface area (Å²) in [6.07, 6.45) is 3.97. The first-order valence-electron chi connectivity index (χ1n) is 6.81. The summed E-state index contributed by atoms with van der Waals surface area (Å²) in [6.45, 7) is 10.3. The zero-order valence-corrected chi connectivity index (χ0v) is 11.6. The van der Waals surface area contributed by atoms with Crippen LogP contribution in [0, 0.1) is 13.8 Å². The first-order valence-corrected chi connectivity index (χ1v) is 6.81. The summed E-state index contributed by atoms with van der Waals surface area (Å²) < 4.78 is 0.